The summed E-state index contributed by atoms with van der Waals surface area (Å²) in [5.74, 6) is 0.302. The summed E-state index contributed by atoms with van der Waals surface area (Å²) in [7, 11) is 0. The van der Waals surface area contributed by atoms with E-state index in [1.165, 1.54) is 30.7 Å². The normalized spacial score (nSPS) is 18.3. The molecule has 1 aromatic heterocycles. The van der Waals surface area contributed by atoms with Gasteiger partial charge in [0.15, 0.2) is 0 Å². The van der Waals surface area contributed by atoms with Gasteiger partial charge >= 0.3 is 0 Å². The van der Waals surface area contributed by atoms with Crippen molar-refractivity contribution in [2.45, 2.75) is 68.7 Å². The summed E-state index contributed by atoms with van der Waals surface area (Å²) < 4.78 is 14.1. The van der Waals surface area contributed by atoms with Crippen LogP contribution in [0.15, 0.2) is 47.4 Å². The molecule has 2 amide bonds. The first-order valence-electron chi connectivity index (χ1n) is 14.1. The smallest absolute Gasteiger partial charge is 0.256 e. The third-order valence-electron chi connectivity index (χ3n) is 8.27. The second kappa shape index (κ2) is 11.3. The van der Waals surface area contributed by atoms with Crippen molar-refractivity contribution in [2.24, 2.45) is 0 Å². The van der Waals surface area contributed by atoms with Crippen LogP contribution in [-0.4, -0.2) is 46.9 Å². The van der Waals surface area contributed by atoms with Crippen LogP contribution in [0.1, 0.15) is 59.3 Å². The number of hydrogen-bond donors (Lipinski definition) is 3. The highest BCUT2D eigenvalue weighted by Crippen LogP contribution is 2.37. The molecule has 1 saturated carbocycles. The van der Waals surface area contributed by atoms with Crippen LogP contribution in [0.5, 0.6) is 0 Å². The SMILES string of the molecule is Cc1[nH]c(/C=C2\C(=O)Nc3ccc(SCc4ccccc4F)cc32)c(C)c1CC(=O)N1CCC(NC2CC2)CC1. The van der Waals surface area contributed by atoms with E-state index in [2.05, 4.69) is 15.6 Å². The number of aromatic nitrogens is 1. The molecule has 40 heavy (non-hydrogen) atoms. The van der Waals surface area contributed by atoms with Gasteiger partial charge in [-0.25, -0.2) is 4.39 Å². The summed E-state index contributed by atoms with van der Waals surface area (Å²) in [6, 6.07) is 13.9. The van der Waals surface area contributed by atoms with Crippen LogP contribution >= 0.6 is 11.8 Å². The fourth-order valence-electron chi connectivity index (χ4n) is 5.69. The van der Waals surface area contributed by atoms with Crippen molar-refractivity contribution >= 4 is 40.9 Å². The van der Waals surface area contributed by atoms with Crippen LogP contribution in [0, 0.1) is 19.7 Å². The van der Waals surface area contributed by atoms with E-state index in [1.807, 2.05) is 49.1 Å². The van der Waals surface area contributed by atoms with Gasteiger partial charge in [-0.15, -0.1) is 11.8 Å². The number of H-pyrrole nitrogens is 1. The van der Waals surface area contributed by atoms with Gasteiger partial charge in [0, 0.05) is 58.5 Å². The molecule has 3 heterocycles. The number of aromatic amines is 1. The average molecular weight is 559 g/mol. The highest BCUT2D eigenvalue weighted by Gasteiger charge is 2.29. The molecule has 2 aromatic carbocycles. The number of piperidine rings is 1. The molecule has 0 radical (unpaired) electrons. The number of halogens is 1. The lowest BCUT2D eigenvalue weighted by molar-refractivity contribution is -0.131. The van der Waals surface area contributed by atoms with Crippen molar-refractivity contribution in [2.75, 3.05) is 18.4 Å². The van der Waals surface area contributed by atoms with Crippen LogP contribution < -0.4 is 10.6 Å². The number of hydrogen-bond acceptors (Lipinski definition) is 4. The summed E-state index contributed by atoms with van der Waals surface area (Å²) >= 11 is 1.54. The summed E-state index contributed by atoms with van der Waals surface area (Å²) in [5.41, 5.74) is 6.62. The van der Waals surface area contributed by atoms with E-state index in [1.54, 1.807) is 12.1 Å². The average Bonchev–Trinajstić information content (AvgIpc) is 3.66. The second-order valence-electron chi connectivity index (χ2n) is 11.1. The number of rotatable bonds is 8. The first-order valence-corrected chi connectivity index (χ1v) is 15.1. The van der Waals surface area contributed by atoms with Crippen LogP contribution in [-0.2, 0) is 21.8 Å². The molecule has 8 heteroatoms. The monoisotopic (exact) mass is 558 g/mol. The maximum atomic E-state index is 14.1. The van der Waals surface area contributed by atoms with Gasteiger partial charge < -0.3 is 20.5 Å². The van der Waals surface area contributed by atoms with Gasteiger partial charge in [0.25, 0.3) is 5.91 Å². The summed E-state index contributed by atoms with van der Waals surface area (Å²) in [5, 5.41) is 6.65. The zero-order valence-electron chi connectivity index (χ0n) is 23.0. The van der Waals surface area contributed by atoms with Crippen molar-refractivity contribution < 1.29 is 14.0 Å². The number of likely N-dealkylation sites (tertiary alicyclic amines) is 1. The van der Waals surface area contributed by atoms with E-state index in [0.29, 0.717) is 35.4 Å². The fourth-order valence-corrected chi connectivity index (χ4v) is 6.61. The van der Waals surface area contributed by atoms with Crippen molar-refractivity contribution in [3.8, 4) is 0 Å². The van der Waals surface area contributed by atoms with Gasteiger partial charge in [-0.2, -0.15) is 0 Å². The Bertz CT molecular complexity index is 1480. The predicted molar refractivity (Wildman–Crippen MR) is 159 cm³/mol. The van der Waals surface area contributed by atoms with Crippen molar-refractivity contribution in [1.82, 2.24) is 15.2 Å². The number of aryl methyl sites for hydroxylation is 1. The maximum absolute atomic E-state index is 14.1. The third kappa shape index (κ3) is 5.74. The Morgan fingerprint density at radius 3 is 2.60 bits per heavy atom. The number of amides is 2. The Hall–Kier alpha value is -3.36. The molecule has 0 bridgehead atoms. The minimum atomic E-state index is -0.212. The van der Waals surface area contributed by atoms with E-state index < -0.39 is 0 Å². The number of carbonyl (C=O) groups excluding carboxylic acids is 2. The molecule has 6 rings (SSSR count). The lowest BCUT2D eigenvalue weighted by Gasteiger charge is -2.32. The lowest BCUT2D eigenvalue weighted by Crippen LogP contribution is -2.46. The first kappa shape index (κ1) is 26.8. The van der Waals surface area contributed by atoms with Crippen molar-refractivity contribution in [3.63, 3.8) is 0 Å². The summed E-state index contributed by atoms with van der Waals surface area (Å²) in [6.07, 6.45) is 6.84. The Morgan fingerprint density at radius 1 is 1.10 bits per heavy atom. The molecule has 3 aromatic rings. The fraction of sp³-hybridized carbons (Fsp3) is 0.375. The van der Waals surface area contributed by atoms with Crippen molar-refractivity contribution in [3.05, 3.63) is 81.9 Å². The Morgan fingerprint density at radius 2 is 1.85 bits per heavy atom. The minimum Gasteiger partial charge on any atom is -0.359 e. The number of fused-ring (bicyclic) bond motifs is 1. The molecule has 208 valence electrons. The molecular formula is C32H35FN4O2S. The van der Waals surface area contributed by atoms with Crippen molar-refractivity contribution in [1.29, 1.82) is 0 Å². The highest BCUT2D eigenvalue weighted by atomic mass is 32.2. The molecule has 1 aliphatic carbocycles. The number of benzene rings is 2. The molecule has 2 fully saturated rings. The Balaban J connectivity index is 1.16. The van der Waals surface area contributed by atoms with Gasteiger partial charge in [0.2, 0.25) is 5.91 Å². The van der Waals surface area contributed by atoms with E-state index in [0.717, 1.165) is 64.6 Å². The van der Waals surface area contributed by atoms with Gasteiger partial charge in [0.05, 0.1) is 12.0 Å². The lowest BCUT2D eigenvalue weighted by atomic mass is 10.0. The number of nitrogens with one attached hydrogen (secondary N) is 3. The number of thioether (sulfide) groups is 1. The molecule has 1 saturated heterocycles. The van der Waals surface area contributed by atoms with Crippen LogP contribution in [0.2, 0.25) is 0 Å². The Labute approximate surface area is 238 Å². The maximum Gasteiger partial charge on any atom is 0.256 e. The molecule has 0 unspecified atom stereocenters. The summed E-state index contributed by atoms with van der Waals surface area (Å²) in [6.45, 7) is 5.61. The van der Waals surface area contributed by atoms with Crippen LogP contribution in [0.3, 0.4) is 0 Å². The topological polar surface area (TPSA) is 77.2 Å². The van der Waals surface area contributed by atoms with E-state index >= 15 is 0 Å². The quantitative estimate of drug-likeness (QED) is 0.240. The Kier molecular flexibility index (Phi) is 7.55. The molecule has 3 aliphatic rings. The number of carbonyl (C=O) groups is 2. The number of nitrogens with zero attached hydrogens (tertiary/aromatic N) is 1. The van der Waals surface area contributed by atoms with E-state index in [4.69, 9.17) is 0 Å². The summed E-state index contributed by atoms with van der Waals surface area (Å²) in [4.78, 5) is 32.5. The third-order valence-corrected chi connectivity index (χ3v) is 9.31. The zero-order chi connectivity index (χ0) is 27.8. The molecule has 6 nitrogen and oxygen atoms in total. The standard InChI is InChI=1S/C32H35FN4O2S/c1-19-25(17-31(38)37-13-11-23(12-14-37)35-22-7-8-22)20(2)34-30(19)16-27-26-15-24(9-10-29(26)36-32(27)39)40-18-21-5-3-4-6-28(21)33/h3-6,9-10,15-16,22-23,34-35H,7-8,11-14,17-18H2,1-2H3,(H,36,39)/b27-16-. The highest BCUT2D eigenvalue weighted by molar-refractivity contribution is 7.98. The molecule has 3 N–H and O–H groups in total. The molecule has 0 atom stereocenters. The minimum absolute atomic E-state index is 0.154. The van der Waals surface area contributed by atoms with Gasteiger partial charge in [-0.1, -0.05) is 18.2 Å². The zero-order valence-corrected chi connectivity index (χ0v) is 23.8. The molecular weight excluding hydrogens is 523 g/mol. The van der Waals surface area contributed by atoms with Gasteiger partial charge in [-0.05, 0) is 86.6 Å². The van der Waals surface area contributed by atoms with E-state index in [9.17, 15) is 14.0 Å². The van der Waals surface area contributed by atoms with Crippen LogP contribution in [0.25, 0.3) is 11.6 Å². The second-order valence-corrected chi connectivity index (χ2v) is 12.2. The van der Waals surface area contributed by atoms with Gasteiger partial charge in [-0.3, -0.25) is 9.59 Å². The molecule has 0 spiro atoms. The molecule has 2 aliphatic heterocycles. The number of anilines is 1. The van der Waals surface area contributed by atoms with E-state index in [-0.39, 0.29) is 17.6 Å². The van der Waals surface area contributed by atoms with Gasteiger partial charge in [0.1, 0.15) is 5.82 Å². The van der Waals surface area contributed by atoms with Crippen LogP contribution in [0.4, 0.5) is 10.1 Å². The predicted octanol–water partition coefficient (Wildman–Crippen LogP) is 5.84. The largest absolute Gasteiger partial charge is 0.359 e. The first-order chi connectivity index (χ1) is 19.4.